The van der Waals surface area contributed by atoms with Gasteiger partial charge in [-0.25, -0.2) is 9.59 Å². The minimum Gasteiger partial charge on any atom is -0.480 e. The predicted octanol–water partition coefficient (Wildman–Crippen LogP) is 2.17. The van der Waals surface area contributed by atoms with Crippen molar-refractivity contribution in [1.29, 1.82) is 0 Å². The third kappa shape index (κ3) is 5.09. The van der Waals surface area contributed by atoms with E-state index in [1.54, 1.807) is 4.90 Å². The predicted molar refractivity (Wildman–Crippen MR) is 73.9 cm³/mol. The number of carboxylic acid groups (broad SMARTS) is 1. The first-order valence-corrected chi connectivity index (χ1v) is 7.07. The van der Waals surface area contributed by atoms with E-state index in [9.17, 15) is 9.59 Å². The lowest BCUT2D eigenvalue weighted by Crippen LogP contribution is -2.52. The third-order valence-corrected chi connectivity index (χ3v) is 3.46. The molecule has 1 aliphatic heterocycles. The Morgan fingerprint density at radius 3 is 2.21 bits per heavy atom. The first-order chi connectivity index (χ1) is 8.79. The van der Waals surface area contributed by atoms with Crippen LogP contribution in [0.5, 0.6) is 0 Å². The maximum absolute atomic E-state index is 12.1. The summed E-state index contributed by atoms with van der Waals surface area (Å²) in [6.45, 7) is 9.58. The lowest BCUT2D eigenvalue weighted by Gasteiger charge is -2.35. The second-order valence-corrected chi connectivity index (χ2v) is 6.32. The van der Waals surface area contributed by atoms with Crippen LogP contribution in [0.15, 0.2) is 0 Å². The van der Waals surface area contributed by atoms with Crippen LogP contribution in [-0.2, 0) is 4.79 Å². The summed E-state index contributed by atoms with van der Waals surface area (Å²) in [5.41, 5.74) is 0. The molecule has 0 spiro atoms. The molecule has 1 aliphatic rings. The molecule has 0 aromatic carbocycles. The molecule has 5 nitrogen and oxygen atoms in total. The number of amides is 2. The number of piperidine rings is 1. The second-order valence-electron chi connectivity index (χ2n) is 6.32. The van der Waals surface area contributed by atoms with Crippen LogP contribution in [0.2, 0.25) is 0 Å². The molecule has 1 fully saturated rings. The zero-order chi connectivity index (χ0) is 14.6. The lowest BCUT2D eigenvalue weighted by atomic mass is 9.92. The molecule has 0 aliphatic carbocycles. The number of hydrogen-bond acceptors (Lipinski definition) is 2. The first-order valence-electron chi connectivity index (χ1n) is 7.07. The van der Waals surface area contributed by atoms with E-state index in [1.165, 1.54) is 0 Å². The van der Waals surface area contributed by atoms with Gasteiger partial charge in [0, 0.05) is 13.1 Å². The van der Waals surface area contributed by atoms with Crippen molar-refractivity contribution in [2.24, 2.45) is 17.8 Å². The Morgan fingerprint density at radius 1 is 1.26 bits per heavy atom. The number of nitrogens with one attached hydrogen (secondary N) is 1. The van der Waals surface area contributed by atoms with Crippen molar-refractivity contribution >= 4 is 12.0 Å². The highest BCUT2D eigenvalue weighted by molar-refractivity contribution is 5.82. The van der Waals surface area contributed by atoms with Gasteiger partial charge < -0.3 is 15.3 Å². The molecule has 0 bridgehead atoms. The Morgan fingerprint density at radius 2 is 1.79 bits per heavy atom. The minimum atomic E-state index is -0.958. The van der Waals surface area contributed by atoms with Crippen LogP contribution in [-0.4, -0.2) is 41.1 Å². The van der Waals surface area contributed by atoms with Crippen LogP contribution in [0.4, 0.5) is 4.79 Å². The molecule has 3 atom stereocenters. The number of rotatable bonds is 4. The smallest absolute Gasteiger partial charge is 0.326 e. The summed E-state index contributed by atoms with van der Waals surface area (Å²) in [4.78, 5) is 25.0. The molecular formula is C14H26N2O3. The van der Waals surface area contributed by atoms with Gasteiger partial charge in [0.25, 0.3) is 0 Å². The molecule has 1 heterocycles. The fraction of sp³-hybridized carbons (Fsp3) is 0.857. The van der Waals surface area contributed by atoms with Gasteiger partial charge in [-0.1, -0.05) is 27.7 Å². The molecule has 2 N–H and O–H groups in total. The number of likely N-dealkylation sites (tertiary alicyclic amines) is 1. The molecular weight excluding hydrogens is 244 g/mol. The fourth-order valence-electron chi connectivity index (χ4n) is 2.76. The van der Waals surface area contributed by atoms with Gasteiger partial charge in [0.15, 0.2) is 0 Å². The zero-order valence-corrected chi connectivity index (χ0v) is 12.3. The average Bonchev–Trinajstić information content (AvgIpc) is 2.25. The molecule has 19 heavy (non-hydrogen) atoms. The van der Waals surface area contributed by atoms with Crippen LogP contribution in [0.3, 0.4) is 0 Å². The molecule has 0 saturated carbocycles. The number of carboxylic acids is 1. The van der Waals surface area contributed by atoms with Crippen molar-refractivity contribution in [3.05, 3.63) is 0 Å². The van der Waals surface area contributed by atoms with Gasteiger partial charge in [0.05, 0.1) is 0 Å². The molecule has 5 heteroatoms. The summed E-state index contributed by atoms with van der Waals surface area (Å²) in [7, 11) is 0. The zero-order valence-electron chi connectivity index (χ0n) is 12.3. The van der Waals surface area contributed by atoms with E-state index in [0.29, 0.717) is 31.3 Å². The van der Waals surface area contributed by atoms with E-state index in [4.69, 9.17) is 5.11 Å². The molecule has 3 unspecified atom stereocenters. The molecule has 110 valence electrons. The molecule has 2 amide bonds. The van der Waals surface area contributed by atoms with Crippen molar-refractivity contribution in [2.45, 2.75) is 46.6 Å². The van der Waals surface area contributed by atoms with Gasteiger partial charge in [-0.2, -0.15) is 0 Å². The van der Waals surface area contributed by atoms with E-state index in [-0.39, 0.29) is 11.9 Å². The number of urea groups is 1. The Bertz CT molecular complexity index is 321. The summed E-state index contributed by atoms with van der Waals surface area (Å²) in [5, 5.41) is 11.8. The number of nitrogens with zero attached hydrogens (tertiary/aromatic N) is 1. The molecule has 0 aromatic rings. The van der Waals surface area contributed by atoms with Gasteiger partial charge in [-0.15, -0.1) is 0 Å². The van der Waals surface area contributed by atoms with E-state index in [2.05, 4.69) is 19.2 Å². The highest BCUT2D eigenvalue weighted by Crippen LogP contribution is 2.21. The Kier molecular flexibility index (Phi) is 5.63. The molecule has 1 saturated heterocycles. The van der Waals surface area contributed by atoms with Crippen molar-refractivity contribution in [3.63, 3.8) is 0 Å². The van der Waals surface area contributed by atoms with E-state index >= 15 is 0 Å². The normalized spacial score (nSPS) is 25.2. The molecule has 1 rings (SSSR count). The Balaban J connectivity index is 2.58. The highest BCUT2D eigenvalue weighted by Gasteiger charge is 2.28. The number of aliphatic carboxylic acids is 1. The third-order valence-electron chi connectivity index (χ3n) is 3.46. The monoisotopic (exact) mass is 270 g/mol. The van der Waals surface area contributed by atoms with Crippen LogP contribution < -0.4 is 5.32 Å². The summed E-state index contributed by atoms with van der Waals surface area (Å²) < 4.78 is 0. The van der Waals surface area contributed by atoms with Crippen molar-refractivity contribution < 1.29 is 14.7 Å². The summed E-state index contributed by atoms with van der Waals surface area (Å²) in [6.07, 6.45) is 1.58. The lowest BCUT2D eigenvalue weighted by molar-refractivity contribution is -0.139. The maximum atomic E-state index is 12.1. The topological polar surface area (TPSA) is 69.6 Å². The van der Waals surface area contributed by atoms with Gasteiger partial charge in [0.1, 0.15) is 6.04 Å². The summed E-state index contributed by atoms with van der Waals surface area (Å²) >= 11 is 0. The van der Waals surface area contributed by atoms with Crippen LogP contribution in [0, 0.1) is 17.8 Å². The Labute approximate surface area is 115 Å². The largest absolute Gasteiger partial charge is 0.480 e. The second kappa shape index (κ2) is 6.78. The van der Waals surface area contributed by atoms with E-state index < -0.39 is 12.0 Å². The number of carbonyl (C=O) groups is 2. The summed E-state index contributed by atoms with van der Waals surface area (Å²) in [6, 6.07) is -1.04. The highest BCUT2D eigenvalue weighted by atomic mass is 16.4. The number of carbonyl (C=O) groups excluding carboxylic acids is 1. The maximum Gasteiger partial charge on any atom is 0.326 e. The standard InChI is InChI=1S/C14H26N2O3/c1-9(2)5-12(13(17)18)15-14(19)16-7-10(3)6-11(4)8-16/h9-12H,5-8H2,1-4H3,(H,15,19)(H,17,18). The van der Waals surface area contributed by atoms with Crippen molar-refractivity contribution in [3.8, 4) is 0 Å². The average molecular weight is 270 g/mol. The van der Waals surface area contributed by atoms with Gasteiger partial charge in [0.2, 0.25) is 0 Å². The fourth-order valence-corrected chi connectivity index (χ4v) is 2.76. The van der Waals surface area contributed by atoms with Crippen molar-refractivity contribution in [2.75, 3.05) is 13.1 Å². The van der Waals surface area contributed by atoms with Crippen LogP contribution >= 0.6 is 0 Å². The first kappa shape index (κ1) is 15.8. The quantitative estimate of drug-likeness (QED) is 0.822. The van der Waals surface area contributed by atoms with Crippen molar-refractivity contribution in [1.82, 2.24) is 10.2 Å². The molecule has 0 aromatic heterocycles. The summed E-state index contributed by atoms with van der Waals surface area (Å²) in [5.74, 6) is 0.228. The minimum absolute atomic E-state index is 0.237. The van der Waals surface area contributed by atoms with Gasteiger partial charge in [-0.05, 0) is 30.6 Å². The van der Waals surface area contributed by atoms with Gasteiger partial charge in [-0.3, -0.25) is 0 Å². The Hall–Kier alpha value is -1.26. The van der Waals surface area contributed by atoms with Gasteiger partial charge >= 0.3 is 12.0 Å². The van der Waals surface area contributed by atoms with Crippen LogP contribution in [0.25, 0.3) is 0 Å². The SMILES string of the molecule is CC(C)CC(NC(=O)N1CC(C)CC(C)C1)C(=O)O. The van der Waals surface area contributed by atoms with E-state index in [1.807, 2.05) is 13.8 Å². The molecule has 0 radical (unpaired) electrons. The number of hydrogen-bond donors (Lipinski definition) is 2. The van der Waals surface area contributed by atoms with E-state index in [0.717, 1.165) is 6.42 Å². The van der Waals surface area contributed by atoms with Crippen LogP contribution in [0.1, 0.15) is 40.5 Å².